The number of aliphatic hydroxyl groups is 1. The first-order valence-electron chi connectivity index (χ1n) is 3.61. The van der Waals surface area contributed by atoms with E-state index in [0.717, 1.165) is 0 Å². The second kappa shape index (κ2) is 3.50. The second-order valence-electron chi connectivity index (χ2n) is 2.64. The van der Waals surface area contributed by atoms with Crippen LogP contribution in [0.4, 0.5) is 0 Å². The molecule has 0 saturated heterocycles. The third-order valence-electron chi connectivity index (χ3n) is 1.58. The van der Waals surface area contributed by atoms with E-state index in [1.54, 1.807) is 0 Å². The third kappa shape index (κ3) is 2.23. The van der Waals surface area contributed by atoms with Gasteiger partial charge in [-0.3, -0.25) is 9.59 Å². The Morgan fingerprint density at radius 3 is 2.77 bits per heavy atom. The van der Waals surface area contributed by atoms with Crippen molar-refractivity contribution >= 4 is 17.5 Å². The van der Waals surface area contributed by atoms with Crippen molar-refractivity contribution in [2.75, 3.05) is 0 Å². The lowest BCUT2D eigenvalue weighted by atomic mass is 10.1. The standard InChI is InChI=1S/C6H10N4O3/c7-2(4(8)11)1-3-5(12)10-6(13)9-3/h2,6,13H,1,7H2,(H2,8,11)(H,10,12). The van der Waals surface area contributed by atoms with Crippen LogP contribution in [-0.2, 0) is 9.59 Å². The predicted octanol–water partition coefficient (Wildman–Crippen LogP) is -2.96. The van der Waals surface area contributed by atoms with Gasteiger partial charge in [-0.15, -0.1) is 0 Å². The van der Waals surface area contributed by atoms with Crippen LogP contribution in [0.1, 0.15) is 6.42 Å². The summed E-state index contributed by atoms with van der Waals surface area (Å²) in [5, 5.41) is 11.0. The van der Waals surface area contributed by atoms with E-state index < -0.39 is 24.2 Å². The van der Waals surface area contributed by atoms with E-state index >= 15 is 0 Å². The number of rotatable bonds is 3. The van der Waals surface area contributed by atoms with Crippen molar-refractivity contribution in [2.45, 2.75) is 18.8 Å². The summed E-state index contributed by atoms with van der Waals surface area (Å²) in [6.45, 7) is 0. The fourth-order valence-electron chi connectivity index (χ4n) is 0.893. The van der Waals surface area contributed by atoms with Crippen molar-refractivity contribution in [1.82, 2.24) is 5.32 Å². The first-order chi connectivity index (χ1) is 6.00. The molecule has 1 heterocycles. The van der Waals surface area contributed by atoms with E-state index in [2.05, 4.69) is 10.3 Å². The van der Waals surface area contributed by atoms with E-state index in [9.17, 15) is 9.59 Å². The molecular formula is C6H10N4O3. The summed E-state index contributed by atoms with van der Waals surface area (Å²) >= 11 is 0. The van der Waals surface area contributed by atoms with Gasteiger partial charge in [-0.05, 0) is 0 Å². The van der Waals surface area contributed by atoms with Gasteiger partial charge >= 0.3 is 0 Å². The van der Waals surface area contributed by atoms with Gasteiger partial charge in [0.2, 0.25) is 12.3 Å². The minimum Gasteiger partial charge on any atom is -0.368 e. The van der Waals surface area contributed by atoms with Crippen LogP contribution in [0.15, 0.2) is 4.99 Å². The number of hydrogen-bond donors (Lipinski definition) is 4. The molecule has 0 aromatic heterocycles. The molecule has 13 heavy (non-hydrogen) atoms. The summed E-state index contributed by atoms with van der Waals surface area (Å²) in [4.78, 5) is 25.0. The summed E-state index contributed by atoms with van der Waals surface area (Å²) in [7, 11) is 0. The largest absolute Gasteiger partial charge is 0.368 e. The number of aliphatic hydroxyl groups excluding tert-OH is 1. The lowest BCUT2D eigenvalue weighted by Gasteiger charge is -2.04. The maximum Gasteiger partial charge on any atom is 0.268 e. The summed E-state index contributed by atoms with van der Waals surface area (Å²) in [6, 6.07) is -0.949. The molecule has 72 valence electrons. The highest BCUT2D eigenvalue weighted by atomic mass is 16.3. The van der Waals surface area contributed by atoms with Crippen LogP contribution in [0.3, 0.4) is 0 Å². The zero-order valence-electron chi connectivity index (χ0n) is 6.73. The molecule has 7 nitrogen and oxygen atoms in total. The van der Waals surface area contributed by atoms with Gasteiger partial charge in [-0.25, -0.2) is 4.99 Å². The highest BCUT2D eigenvalue weighted by Crippen LogP contribution is 2.01. The zero-order chi connectivity index (χ0) is 10.0. The molecule has 0 saturated carbocycles. The fourth-order valence-corrected chi connectivity index (χ4v) is 0.893. The first-order valence-corrected chi connectivity index (χ1v) is 3.61. The molecule has 1 aliphatic rings. The Balaban J connectivity index is 2.59. The first kappa shape index (κ1) is 9.62. The number of nitrogens with zero attached hydrogens (tertiary/aromatic N) is 1. The Morgan fingerprint density at radius 1 is 1.77 bits per heavy atom. The van der Waals surface area contributed by atoms with Crippen molar-refractivity contribution < 1.29 is 14.7 Å². The smallest absolute Gasteiger partial charge is 0.268 e. The molecule has 1 aliphatic heterocycles. The predicted molar refractivity (Wildman–Crippen MR) is 43.4 cm³/mol. The molecular weight excluding hydrogens is 176 g/mol. The van der Waals surface area contributed by atoms with Crippen LogP contribution in [0, 0.1) is 0 Å². The average Bonchev–Trinajstić information content (AvgIpc) is 2.30. The minimum absolute atomic E-state index is 0.0406. The minimum atomic E-state index is -1.23. The molecule has 0 fully saturated rings. The van der Waals surface area contributed by atoms with Gasteiger partial charge in [0.05, 0.1) is 6.04 Å². The summed E-state index contributed by atoms with van der Waals surface area (Å²) in [5.74, 6) is -1.24. The Hall–Kier alpha value is -1.47. The van der Waals surface area contributed by atoms with Crippen molar-refractivity contribution in [1.29, 1.82) is 0 Å². The van der Waals surface area contributed by atoms with Crippen molar-refractivity contribution in [3.05, 3.63) is 0 Å². The van der Waals surface area contributed by atoms with Crippen LogP contribution in [0.5, 0.6) is 0 Å². The van der Waals surface area contributed by atoms with Crippen LogP contribution in [0.25, 0.3) is 0 Å². The molecule has 2 atom stereocenters. The molecule has 1 rings (SSSR count). The van der Waals surface area contributed by atoms with Gasteiger partial charge in [0.1, 0.15) is 5.71 Å². The molecule has 2 unspecified atom stereocenters. The number of nitrogens with one attached hydrogen (secondary N) is 1. The monoisotopic (exact) mass is 186 g/mol. The Kier molecular flexibility index (Phi) is 2.59. The quantitative estimate of drug-likeness (QED) is 0.375. The lowest BCUT2D eigenvalue weighted by molar-refractivity contribution is -0.119. The van der Waals surface area contributed by atoms with E-state index in [-0.39, 0.29) is 12.1 Å². The van der Waals surface area contributed by atoms with Gasteiger partial charge in [0.25, 0.3) is 5.91 Å². The summed E-state index contributed by atoms with van der Waals surface area (Å²) in [5.41, 5.74) is 10.2. The van der Waals surface area contributed by atoms with Crippen LogP contribution >= 0.6 is 0 Å². The number of nitrogens with two attached hydrogens (primary N) is 2. The van der Waals surface area contributed by atoms with E-state index in [1.165, 1.54) is 0 Å². The Bertz CT molecular complexity index is 275. The van der Waals surface area contributed by atoms with E-state index in [4.69, 9.17) is 16.6 Å². The van der Waals surface area contributed by atoms with E-state index in [1.807, 2.05) is 0 Å². The molecule has 0 radical (unpaired) electrons. The molecule has 0 aliphatic carbocycles. The highest BCUT2D eigenvalue weighted by molar-refractivity contribution is 6.40. The molecule has 0 aromatic carbocycles. The van der Waals surface area contributed by atoms with Crippen molar-refractivity contribution in [3.8, 4) is 0 Å². The number of primary amides is 1. The molecule has 6 N–H and O–H groups in total. The zero-order valence-corrected chi connectivity index (χ0v) is 6.73. The third-order valence-corrected chi connectivity index (χ3v) is 1.58. The number of carbonyl (C=O) groups is 2. The topological polar surface area (TPSA) is 131 Å². The molecule has 2 amide bonds. The van der Waals surface area contributed by atoms with Crippen LogP contribution < -0.4 is 16.8 Å². The van der Waals surface area contributed by atoms with Crippen molar-refractivity contribution in [3.63, 3.8) is 0 Å². The second-order valence-corrected chi connectivity index (χ2v) is 2.64. The lowest BCUT2D eigenvalue weighted by Crippen LogP contribution is -2.40. The van der Waals surface area contributed by atoms with Gasteiger partial charge in [0.15, 0.2) is 0 Å². The number of carbonyl (C=O) groups excluding carboxylic acids is 2. The fraction of sp³-hybridized carbons (Fsp3) is 0.500. The SMILES string of the molecule is NC(=O)C(N)CC1=NC(O)NC1=O. The number of hydrogen-bond acceptors (Lipinski definition) is 5. The van der Waals surface area contributed by atoms with Gasteiger partial charge in [0, 0.05) is 6.42 Å². The van der Waals surface area contributed by atoms with Crippen molar-refractivity contribution in [2.24, 2.45) is 16.5 Å². The molecule has 7 heteroatoms. The number of aliphatic imine (C=N–C) groups is 1. The summed E-state index contributed by atoms with van der Waals surface area (Å²) < 4.78 is 0. The maximum atomic E-state index is 10.9. The van der Waals surface area contributed by atoms with Crippen LogP contribution in [0.2, 0.25) is 0 Å². The number of amides is 2. The molecule has 0 aromatic rings. The molecule has 0 spiro atoms. The van der Waals surface area contributed by atoms with Gasteiger partial charge in [-0.1, -0.05) is 0 Å². The Morgan fingerprint density at radius 2 is 2.38 bits per heavy atom. The normalized spacial score (nSPS) is 23.7. The maximum absolute atomic E-state index is 10.9. The van der Waals surface area contributed by atoms with E-state index in [0.29, 0.717) is 0 Å². The highest BCUT2D eigenvalue weighted by Gasteiger charge is 2.25. The summed E-state index contributed by atoms with van der Waals surface area (Å²) in [6.07, 6.45) is -1.29. The van der Waals surface area contributed by atoms with Crippen LogP contribution in [-0.4, -0.2) is 35.0 Å². The van der Waals surface area contributed by atoms with Gasteiger partial charge < -0.3 is 21.9 Å². The average molecular weight is 186 g/mol. The Labute approximate surface area is 73.8 Å². The van der Waals surface area contributed by atoms with Gasteiger partial charge in [-0.2, -0.15) is 0 Å². The molecule has 0 bridgehead atoms.